The van der Waals surface area contributed by atoms with Crippen LogP contribution in [0, 0.1) is 5.41 Å². The number of nitrogens with zero attached hydrogens (tertiary/aromatic N) is 1. The molecule has 0 atom stereocenters. The van der Waals surface area contributed by atoms with E-state index in [0.717, 1.165) is 18.8 Å². The van der Waals surface area contributed by atoms with Crippen LogP contribution in [0.5, 0.6) is 0 Å². The highest BCUT2D eigenvalue weighted by atomic mass is 19.4. The maximum atomic E-state index is 13.9. The van der Waals surface area contributed by atoms with Crippen LogP contribution in [0.1, 0.15) is 19.4 Å². The van der Waals surface area contributed by atoms with Gasteiger partial charge in [-0.3, -0.25) is 0 Å². The van der Waals surface area contributed by atoms with E-state index in [1.807, 2.05) is 18.7 Å². The van der Waals surface area contributed by atoms with Crippen molar-refractivity contribution in [2.45, 2.75) is 20.0 Å². The van der Waals surface area contributed by atoms with E-state index in [0.29, 0.717) is 5.39 Å². The molecule has 0 radical (unpaired) electrons. The Morgan fingerprint density at radius 3 is 2.19 bits per heavy atom. The Balaban J connectivity index is 2.15. The number of furan rings is 1. The zero-order valence-electron chi connectivity index (χ0n) is 14.8. The summed E-state index contributed by atoms with van der Waals surface area (Å²) in [5, 5.41) is 8.20. The predicted molar refractivity (Wildman–Crippen MR) is 97.9 cm³/mol. The van der Waals surface area contributed by atoms with Crippen molar-refractivity contribution in [3.63, 3.8) is 0 Å². The van der Waals surface area contributed by atoms with Crippen molar-refractivity contribution in [3.8, 4) is 0 Å². The van der Waals surface area contributed by atoms with E-state index in [9.17, 15) is 13.2 Å². The summed E-state index contributed by atoms with van der Waals surface area (Å²) in [5.74, 6) is 0. The smallest absolute Gasteiger partial charge is 0.420 e. The third-order valence-corrected chi connectivity index (χ3v) is 4.73. The zero-order chi connectivity index (χ0) is 19.3. The average molecular weight is 374 g/mol. The van der Waals surface area contributed by atoms with E-state index in [1.54, 1.807) is 18.2 Å². The van der Waals surface area contributed by atoms with Crippen LogP contribution in [-0.4, -0.2) is 13.1 Å². The zero-order valence-corrected chi connectivity index (χ0v) is 14.8. The van der Waals surface area contributed by atoms with Crippen molar-refractivity contribution in [3.05, 3.63) is 47.3 Å². The summed E-state index contributed by atoms with van der Waals surface area (Å²) >= 11 is 0. The first kappa shape index (κ1) is 17.5. The fourth-order valence-corrected chi connectivity index (χ4v) is 3.44. The first-order valence-corrected chi connectivity index (χ1v) is 8.63. The van der Waals surface area contributed by atoms with Gasteiger partial charge in [-0.15, -0.1) is 0 Å². The Morgan fingerprint density at radius 2 is 1.52 bits per heavy atom. The van der Waals surface area contributed by atoms with E-state index in [2.05, 4.69) is 0 Å². The molecule has 2 aromatic heterocycles. The minimum atomic E-state index is -4.61. The Labute approximate surface area is 152 Å². The van der Waals surface area contributed by atoms with Crippen LogP contribution in [0.25, 0.3) is 33.1 Å². The Kier molecular flexibility index (Phi) is 3.91. The third-order valence-electron chi connectivity index (χ3n) is 4.73. The molecule has 4 aromatic rings. The second-order valence-electron chi connectivity index (χ2n) is 6.30. The van der Waals surface area contributed by atoms with E-state index in [4.69, 9.17) is 14.2 Å². The summed E-state index contributed by atoms with van der Waals surface area (Å²) < 4.78 is 53.0. The second kappa shape index (κ2) is 6.04. The molecule has 2 heterocycles. The highest BCUT2D eigenvalue weighted by molar-refractivity contribution is 6.06. The van der Waals surface area contributed by atoms with Gasteiger partial charge in [-0.05, 0) is 38.1 Å². The normalized spacial score (nSPS) is 12.3. The molecular weight excluding hydrogens is 357 g/mol. The van der Waals surface area contributed by atoms with E-state index >= 15 is 0 Å². The highest BCUT2D eigenvalue weighted by Crippen LogP contribution is 2.44. The third kappa shape index (κ3) is 2.74. The standard InChI is InChI=1S/C20H17F3N2O2/c1-3-25(4-2)12-6-8-13-16(10-12)26-18-14-7-5-11(24)9-15(14)27-19(18)17(13)20(21,22)23/h5-10,24H,3-4H2,1-2H3. The van der Waals surface area contributed by atoms with Crippen molar-refractivity contribution < 1.29 is 22.0 Å². The molecule has 0 fully saturated rings. The van der Waals surface area contributed by atoms with Crippen molar-refractivity contribution in [1.29, 1.82) is 5.41 Å². The summed E-state index contributed by atoms with van der Waals surface area (Å²) in [6, 6.07) is 9.16. The average Bonchev–Trinajstić information content (AvgIpc) is 2.96. The number of hydrogen-bond acceptors (Lipinski definition) is 4. The lowest BCUT2D eigenvalue weighted by atomic mass is 10.1. The summed E-state index contributed by atoms with van der Waals surface area (Å²) in [6.07, 6.45) is -4.61. The lowest BCUT2D eigenvalue weighted by Crippen LogP contribution is -2.21. The maximum absolute atomic E-state index is 13.9. The van der Waals surface area contributed by atoms with Crippen LogP contribution in [0.4, 0.5) is 18.9 Å². The quantitative estimate of drug-likeness (QED) is 0.502. The molecule has 2 aromatic carbocycles. The minimum Gasteiger partial charge on any atom is -0.452 e. The van der Waals surface area contributed by atoms with Crippen LogP contribution >= 0.6 is 0 Å². The molecule has 4 rings (SSSR count). The van der Waals surface area contributed by atoms with Gasteiger partial charge in [0.05, 0.1) is 10.7 Å². The molecule has 4 nitrogen and oxygen atoms in total. The molecule has 27 heavy (non-hydrogen) atoms. The Bertz CT molecular complexity index is 1220. The summed E-state index contributed by atoms with van der Waals surface area (Å²) in [7, 11) is 0. The van der Waals surface area contributed by atoms with Gasteiger partial charge in [0, 0.05) is 36.3 Å². The number of halogens is 3. The molecule has 0 aliphatic heterocycles. The fourth-order valence-electron chi connectivity index (χ4n) is 3.44. The molecular formula is C20H17F3N2O2. The number of alkyl halides is 3. The summed E-state index contributed by atoms with van der Waals surface area (Å²) in [4.78, 5) is 2.03. The summed E-state index contributed by atoms with van der Waals surface area (Å²) in [5.41, 5.74) is -0.00634. The largest absolute Gasteiger partial charge is 0.452 e. The van der Waals surface area contributed by atoms with Gasteiger partial charge in [0.1, 0.15) is 16.7 Å². The molecule has 0 amide bonds. The van der Waals surface area contributed by atoms with Gasteiger partial charge in [0.25, 0.3) is 0 Å². The highest BCUT2D eigenvalue weighted by Gasteiger charge is 2.38. The van der Waals surface area contributed by atoms with E-state index < -0.39 is 11.7 Å². The van der Waals surface area contributed by atoms with Gasteiger partial charge >= 0.3 is 6.18 Å². The Morgan fingerprint density at radius 1 is 0.889 bits per heavy atom. The number of hydrogen-bond donors (Lipinski definition) is 1. The molecule has 140 valence electrons. The van der Waals surface area contributed by atoms with Gasteiger partial charge in [0.15, 0.2) is 11.2 Å². The molecule has 0 bridgehead atoms. The van der Waals surface area contributed by atoms with E-state index in [1.165, 1.54) is 18.2 Å². The van der Waals surface area contributed by atoms with Crippen LogP contribution < -0.4 is 10.3 Å². The number of nitrogens with one attached hydrogen (secondary N) is 1. The molecule has 0 aliphatic rings. The van der Waals surface area contributed by atoms with Crippen molar-refractivity contribution >= 4 is 38.8 Å². The molecule has 1 N–H and O–H groups in total. The maximum Gasteiger partial charge on any atom is 0.420 e. The van der Waals surface area contributed by atoms with Crippen LogP contribution in [0.3, 0.4) is 0 Å². The van der Waals surface area contributed by atoms with Gasteiger partial charge < -0.3 is 19.1 Å². The molecule has 0 saturated carbocycles. The number of fused-ring (bicyclic) bond motifs is 4. The SMILES string of the molecule is CCN(CC)c1ccc2c(C(F)(F)F)c3oc4cc(=N)ccc4c3oc2c1. The van der Waals surface area contributed by atoms with Crippen LogP contribution in [0.2, 0.25) is 0 Å². The van der Waals surface area contributed by atoms with Crippen LogP contribution in [-0.2, 0) is 6.18 Å². The predicted octanol–water partition coefficient (Wildman–Crippen LogP) is 5.68. The Hall–Kier alpha value is -2.96. The first-order chi connectivity index (χ1) is 12.8. The monoisotopic (exact) mass is 374 g/mol. The minimum absolute atomic E-state index is 0.0431. The molecule has 7 heteroatoms. The molecule has 0 aliphatic carbocycles. The number of rotatable bonds is 3. The van der Waals surface area contributed by atoms with Gasteiger partial charge in [-0.2, -0.15) is 13.2 Å². The molecule has 0 spiro atoms. The van der Waals surface area contributed by atoms with Crippen molar-refractivity contribution in [1.82, 2.24) is 0 Å². The topological polar surface area (TPSA) is 53.4 Å². The van der Waals surface area contributed by atoms with Gasteiger partial charge in [0.2, 0.25) is 0 Å². The number of anilines is 1. The van der Waals surface area contributed by atoms with Crippen molar-refractivity contribution in [2.24, 2.45) is 0 Å². The van der Waals surface area contributed by atoms with Gasteiger partial charge in [-0.25, -0.2) is 0 Å². The molecule has 0 unspecified atom stereocenters. The lowest BCUT2D eigenvalue weighted by molar-refractivity contribution is -0.135. The second-order valence-corrected chi connectivity index (χ2v) is 6.30. The lowest BCUT2D eigenvalue weighted by Gasteiger charge is -2.21. The fraction of sp³-hybridized carbons (Fsp3) is 0.250. The van der Waals surface area contributed by atoms with E-state index in [-0.39, 0.29) is 33.1 Å². The van der Waals surface area contributed by atoms with Gasteiger partial charge in [-0.1, -0.05) is 0 Å². The summed E-state index contributed by atoms with van der Waals surface area (Å²) in [6.45, 7) is 5.43. The van der Waals surface area contributed by atoms with Crippen LogP contribution in [0.15, 0.2) is 45.2 Å². The first-order valence-electron chi connectivity index (χ1n) is 8.63. The molecule has 0 saturated heterocycles. The number of benzene rings is 2. The van der Waals surface area contributed by atoms with Crippen molar-refractivity contribution in [2.75, 3.05) is 18.0 Å².